The van der Waals surface area contributed by atoms with Gasteiger partial charge in [-0.2, -0.15) is 0 Å². The lowest BCUT2D eigenvalue weighted by Gasteiger charge is -2.25. The van der Waals surface area contributed by atoms with Gasteiger partial charge in [-0.15, -0.1) is 0 Å². The molecule has 1 aromatic rings. The number of benzene rings is 1. The van der Waals surface area contributed by atoms with Crippen LogP contribution in [0.2, 0.25) is 0 Å². The lowest BCUT2D eigenvalue weighted by Crippen LogP contribution is -2.99. The molecule has 0 spiro atoms. The Morgan fingerprint density at radius 2 is 1.74 bits per heavy atom. The van der Waals surface area contributed by atoms with Gasteiger partial charge in [0, 0.05) is 5.56 Å². The van der Waals surface area contributed by atoms with E-state index in [-0.39, 0.29) is 11.9 Å². The average Bonchev–Trinajstić information content (AvgIpc) is 2.27. The molecule has 0 aromatic heterocycles. The molecular formula is C13H18Cl3N2O+. The number of halogens is 3. The van der Waals surface area contributed by atoms with Crippen LogP contribution in [0.15, 0.2) is 24.3 Å². The minimum Gasteiger partial charge on any atom is -0.321 e. The predicted molar refractivity (Wildman–Crippen MR) is 79.8 cm³/mol. The van der Waals surface area contributed by atoms with Gasteiger partial charge in [-0.3, -0.25) is 10.1 Å². The van der Waals surface area contributed by atoms with E-state index in [1.807, 2.05) is 32.9 Å². The van der Waals surface area contributed by atoms with Gasteiger partial charge in [0.25, 0.3) is 9.70 Å². The summed E-state index contributed by atoms with van der Waals surface area (Å²) in [5.74, 6) is -0.256. The molecule has 0 radical (unpaired) electrons. The molecule has 6 heteroatoms. The third-order valence-corrected chi connectivity index (χ3v) is 3.24. The number of carbonyl (C=O) groups excluding carboxylic acids is 1. The highest BCUT2D eigenvalue weighted by atomic mass is 35.6. The molecule has 0 aliphatic rings. The fourth-order valence-electron chi connectivity index (χ4n) is 1.55. The van der Waals surface area contributed by atoms with Crippen LogP contribution in [-0.2, 0) is 0 Å². The van der Waals surface area contributed by atoms with E-state index in [2.05, 4.69) is 5.32 Å². The molecule has 3 N–H and O–H groups in total. The van der Waals surface area contributed by atoms with Crippen molar-refractivity contribution >= 4 is 40.7 Å². The Balaban J connectivity index is 2.79. The average molecular weight is 325 g/mol. The van der Waals surface area contributed by atoms with Crippen LogP contribution in [0, 0.1) is 6.92 Å². The summed E-state index contributed by atoms with van der Waals surface area (Å²) >= 11 is 17.7. The number of quaternary nitrogens is 1. The second-order valence-corrected chi connectivity index (χ2v) is 7.16. The number of nitrogens with one attached hydrogen (secondary N) is 1. The van der Waals surface area contributed by atoms with Crippen molar-refractivity contribution in [3.05, 3.63) is 35.4 Å². The summed E-state index contributed by atoms with van der Waals surface area (Å²) < 4.78 is -1.56. The lowest BCUT2D eigenvalue weighted by atomic mass is 10.1. The molecule has 0 aliphatic carbocycles. The van der Waals surface area contributed by atoms with Gasteiger partial charge in [0.05, 0.1) is 6.04 Å². The molecule has 0 aliphatic heterocycles. The van der Waals surface area contributed by atoms with E-state index in [0.29, 0.717) is 5.56 Å². The van der Waals surface area contributed by atoms with E-state index in [9.17, 15) is 4.79 Å². The first kappa shape index (κ1) is 16.6. The summed E-state index contributed by atoms with van der Waals surface area (Å²) in [6.45, 7) is 5.88. The molecule has 1 rings (SSSR count). The van der Waals surface area contributed by atoms with Gasteiger partial charge in [0.2, 0.25) is 6.17 Å². The second-order valence-electron chi connectivity index (χ2n) is 4.80. The van der Waals surface area contributed by atoms with Crippen molar-refractivity contribution < 1.29 is 10.1 Å². The molecule has 1 unspecified atom stereocenters. The van der Waals surface area contributed by atoms with Gasteiger partial charge in [0.1, 0.15) is 0 Å². The third kappa shape index (κ3) is 5.57. The normalized spacial score (nSPS) is 13.4. The number of carbonyl (C=O) groups is 1. The Hall–Kier alpha value is -0.480. The molecule has 0 saturated heterocycles. The minimum absolute atomic E-state index is 0.193. The van der Waals surface area contributed by atoms with Crippen molar-refractivity contribution in [1.29, 1.82) is 0 Å². The summed E-state index contributed by atoms with van der Waals surface area (Å²) in [6, 6.07) is 7.42. The number of hydrogen-bond donors (Lipinski definition) is 2. The largest absolute Gasteiger partial charge is 0.321 e. The van der Waals surface area contributed by atoms with Crippen LogP contribution in [0.1, 0.15) is 29.8 Å². The molecule has 1 aromatic carbocycles. The van der Waals surface area contributed by atoms with Crippen LogP contribution in [0.3, 0.4) is 0 Å². The van der Waals surface area contributed by atoms with Gasteiger partial charge in [-0.05, 0) is 32.9 Å². The highest BCUT2D eigenvalue weighted by Crippen LogP contribution is 2.27. The van der Waals surface area contributed by atoms with Crippen molar-refractivity contribution in [1.82, 2.24) is 5.32 Å². The summed E-state index contributed by atoms with van der Waals surface area (Å²) in [5.41, 5.74) is 1.63. The first-order valence-electron chi connectivity index (χ1n) is 5.99. The highest BCUT2D eigenvalue weighted by molar-refractivity contribution is 6.68. The standard InChI is InChI=1S/C13H17Cl3N2O/c1-8(2)17-12(13(14,15)16)18-11(19)10-6-4-9(3)5-7-10/h4-8,12,17H,1-3H3,(H,18,19)/p+1. The number of nitrogens with two attached hydrogens (primary N) is 1. The van der Waals surface area contributed by atoms with Crippen molar-refractivity contribution in [3.8, 4) is 0 Å². The van der Waals surface area contributed by atoms with Crippen LogP contribution in [-0.4, -0.2) is 21.9 Å². The van der Waals surface area contributed by atoms with Crippen molar-refractivity contribution in [2.45, 2.75) is 36.8 Å². The zero-order valence-electron chi connectivity index (χ0n) is 11.1. The monoisotopic (exact) mass is 323 g/mol. The molecule has 19 heavy (non-hydrogen) atoms. The van der Waals surface area contributed by atoms with Crippen molar-refractivity contribution in [3.63, 3.8) is 0 Å². The van der Waals surface area contributed by atoms with Gasteiger partial charge in [-0.1, -0.05) is 52.5 Å². The fraction of sp³-hybridized carbons (Fsp3) is 0.462. The second kappa shape index (κ2) is 6.80. The van der Waals surface area contributed by atoms with Crippen molar-refractivity contribution in [2.24, 2.45) is 0 Å². The first-order chi connectivity index (χ1) is 8.70. The Kier molecular flexibility index (Phi) is 5.93. The number of rotatable bonds is 4. The Labute approximate surface area is 128 Å². The van der Waals surface area contributed by atoms with E-state index < -0.39 is 9.96 Å². The van der Waals surface area contributed by atoms with E-state index in [0.717, 1.165) is 5.56 Å². The maximum absolute atomic E-state index is 12.1. The molecular weight excluding hydrogens is 307 g/mol. The van der Waals surface area contributed by atoms with Crippen LogP contribution in [0.4, 0.5) is 0 Å². The van der Waals surface area contributed by atoms with Crippen LogP contribution < -0.4 is 10.6 Å². The molecule has 0 heterocycles. The van der Waals surface area contributed by atoms with Crippen LogP contribution >= 0.6 is 34.8 Å². The molecule has 1 atom stereocenters. The smallest absolute Gasteiger partial charge is 0.262 e. The number of hydrogen-bond acceptors (Lipinski definition) is 1. The Bertz CT molecular complexity index is 427. The zero-order valence-corrected chi connectivity index (χ0v) is 13.4. The van der Waals surface area contributed by atoms with E-state index in [4.69, 9.17) is 34.8 Å². The summed E-state index contributed by atoms with van der Waals surface area (Å²) in [6.07, 6.45) is -0.633. The molecule has 3 nitrogen and oxygen atoms in total. The number of amides is 1. The van der Waals surface area contributed by atoms with Gasteiger partial charge >= 0.3 is 0 Å². The SMILES string of the molecule is Cc1ccc(C(=O)NC([NH2+]C(C)C)C(Cl)(Cl)Cl)cc1. The van der Waals surface area contributed by atoms with Crippen LogP contribution in [0.25, 0.3) is 0 Å². The predicted octanol–water partition coefficient (Wildman–Crippen LogP) is 2.39. The van der Waals surface area contributed by atoms with Gasteiger partial charge in [-0.25, -0.2) is 0 Å². The quantitative estimate of drug-likeness (QED) is 0.648. The zero-order chi connectivity index (χ0) is 14.6. The summed E-state index contributed by atoms with van der Waals surface area (Å²) in [7, 11) is 0. The third-order valence-electron chi connectivity index (χ3n) is 2.53. The molecule has 0 fully saturated rings. The number of alkyl halides is 3. The fourth-order valence-corrected chi connectivity index (χ4v) is 1.94. The highest BCUT2D eigenvalue weighted by Gasteiger charge is 2.38. The maximum Gasteiger partial charge on any atom is 0.262 e. The van der Waals surface area contributed by atoms with Gasteiger partial charge in [0.15, 0.2) is 0 Å². The summed E-state index contributed by atoms with van der Waals surface area (Å²) in [4.78, 5) is 12.1. The number of aryl methyl sites for hydroxylation is 1. The molecule has 0 saturated carbocycles. The maximum atomic E-state index is 12.1. The van der Waals surface area contributed by atoms with E-state index in [1.165, 1.54) is 0 Å². The summed E-state index contributed by atoms with van der Waals surface area (Å²) in [5, 5.41) is 4.54. The van der Waals surface area contributed by atoms with Crippen LogP contribution in [0.5, 0.6) is 0 Å². The van der Waals surface area contributed by atoms with Crippen molar-refractivity contribution in [2.75, 3.05) is 0 Å². The first-order valence-corrected chi connectivity index (χ1v) is 7.13. The molecule has 106 valence electrons. The molecule has 1 amide bonds. The minimum atomic E-state index is -1.56. The van der Waals surface area contributed by atoms with E-state index in [1.54, 1.807) is 17.4 Å². The molecule has 0 bridgehead atoms. The Morgan fingerprint density at radius 3 is 2.16 bits per heavy atom. The van der Waals surface area contributed by atoms with Gasteiger partial charge < -0.3 is 5.32 Å². The van der Waals surface area contributed by atoms with E-state index >= 15 is 0 Å². The Morgan fingerprint density at radius 1 is 1.21 bits per heavy atom. The lowest BCUT2D eigenvalue weighted by molar-refractivity contribution is -0.717. The topological polar surface area (TPSA) is 45.7 Å².